The predicted molar refractivity (Wildman–Crippen MR) is 112 cm³/mol. The van der Waals surface area contributed by atoms with Gasteiger partial charge in [-0.05, 0) is 60.3 Å². The highest BCUT2D eigenvalue weighted by Gasteiger charge is 2.29. The Kier molecular flexibility index (Phi) is 3.95. The second kappa shape index (κ2) is 6.41. The summed E-state index contributed by atoms with van der Waals surface area (Å²) in [6.07, 6.45) is 3.14. The van der Waals surface area contributed by atoms with Crippen LogP contribution in [0.1, 0.15) is 41.9 Å². The number of nitrogens with zero attached hydrogens (tertiary/aromatic N) is 2. The van der Waals surface area contributed by atoms with E-state index in [1.807, 2.05) is 18.2 Å². The van der Waals surface area contributed by atoms with Gasteiger partial charge in [-0.15, -0.1) is 5.10 Å². The lowest BCUT2D eigenvalue weighted by Gasteiger charge is -2.28. The van der Waals surface area contributed by atoms with Crippen molar-refractivity contribution in [2.45, 2.75) is 33.1 Å². The number of rotatable bonds is 3. The molecular formula is C20H20N6O2S. The first-order valence-electron chi connectivity index (χ1n) is 9.44. The molecule has 4 aromatic rings. The van der Waals surface area contributed by atoms with Crippen molar-refractivity contribution >= 4 is 33.3 Å². The zero-order valence-corrected chi connectivity index (χ0v) is 16.9. The Morgan fingerprint density at radius 3 is 2.86 bits per heavy atom. The zero-order chi connectivity index (χ0) is 20.2. The van der Waals surface area contributed by atoms with Gasteiger partial charge in [-0.2, -0.15) is 5.10 Å². The highest BCUT2D eigenvalue weighted by atomic mass is 32.1. The number of carbonyl (C=O) groups is 1. The second-order valence-corrected chi connectivity index (χ2v) is 9.19. The normalized spacial score (nSPS) is 15.4. The second-order valence-electron chi connectivity index (χ2n) is 8.23. The van der Waals surface area contributed by atoms with Crippen LogP contribution in [-0.2, 0) is 12.8 Å². The summed E-state index contributed by atoms with van der Waals surface area (Å²) < 4.78 is 0. The van der Waals surface area contributed by atoms with Crippen LogP contribution in [-0.4, -0.2) is 31.3 Å². The SMILES string of the molecule is CC1(C)CCc2c(-c3cc4cc(C(=O)Nc5n[nH]c(=O)s5)ccc4[nH]3)n[nH]c2C1. The van der Waals surface area contributed by atoms with Gasteiger partial charge in [0.1, 0.15) is 5.69 Å². The average molecular weight is 408 g/mol. The zero-order valence-electron chi connectivity index (χ0n) is 16.0. The maximum Gasteiger partial charge on any atom is 0.324 e. The third-order valence-electron chi connectivity index (χ3n) is 5.46. The van der Waals surface area contributed by atoms with Gasteiger partial charge in [-0.1, -0.05) is 13.8 Å². The van der Waals surface area contributed by atoms with Crippen molar-refractivity contribution in [3.63, 3.8) is 0 Å². The van der Waals surface area contributed by atoms with Crippen LogP contribution in [0.5, 0.6) is 0 Å². The fraction of sp³-hybridized carbons (Fsp3) is 0.300. The number of nitrogens with one attached hydrogen (secondary N) is 4. The van der Waals surface area contributed by atoms with Crippen LogP contribution in [0.25, 0.3) is 22.3 Å². The molecule has 0 saturated heterocycles. The van der Waals surface area contributed by atoms with E-state index in [1.54, 1.807) is 6.07 Å². The Morgan fingerprint density at radius 2 is 2.07 bits per heavy atom. The molecule has 1 amide bonds. The van der Waals surface area contributed by atoms with Crippen LogP contribution in [0.15, 0.2) is 29.1 Å². The molecule has 0 spiro atoms. The highest BCUT2D eigenvalue weighted by molar-refractivity contribution is 7.13. The minimum absolute atomic E-state index is 0.251. The van der Waals surface area contributed by atoms with Gasteiger partial charge in [0.15, 0.2) is 0 Å². The van der Waals surface area contributed by atoms with Gasteiger partial charge in [0, 0.05) is 27.7 Å². The van der Waals surface area contributed by atoms with E-state index in [9.17, 15) is 9.59 Å². The molecule has 8 nitrogen and oxygen atoms in total. The van der Waals surface area contributed by atoms with Gasteiger partial charge in [0.2, 0.25) is 5.13 Å². The highest BCUT2D eigenvalue weighted by Crippen LogP contribution is 2.38. The van der Waals surface area contributed by atoms with E-state index in [0.29, 0.717) is 11.0 Å². The number of amides is 1. The van der Waals surface area contributed by atoms with Crippen molar-refractivity contribution in [2.24, 2.45) is 5.41 Å². The fourth-order valence-corrected chi connectivity index (χ4v) is 4.43. The Hall–Kier alpha value is -3.20. The third kappa shape index (κ3) is 3.27. The van der Waals surface area contributed by atoms with Crippen LogP contribution in [0.4, 0.5) is 5.13 Å². The molecule has 0 saturated carbocycles. The predicted octanol–water partition coefficient (Wildman–Crippen LogP) is 3.47. The third-order valence-corrected chi connectivity index (χ3v) is 6.12. The molecule has 3 aromatic heterocycles. The number of aromatic amines is 3. The number of anilines is 1. The molecule has 148 valence electrons. The summed E-state index contributed by atoms with van der Waals surface area (Å²) >= 11 is 0.857. The van der Waals surface area contributed by atoms with E-state index >= 15 is 0 Å². The summed E-state index contributed by atoms with van der Waals surface area (Å²) in [7, 11) is 0. The quantitative estimate of drug-likeness (QED) is 0.415. The van der Waals surface area contributed by atoms with Crippen LogP contribution in [0.3, 0.4) is 0 Å². The number of aromatic nitrogens is 5. The summed E-state index contributed by atoms with van der Waals surface area (Å²) in [5.74, 6) is -0.309. The first-order chi connectivity index (χ1) is 13.9. The van der Waals surface area contributed by atoms with Gasteiger partial charge in [-0.3, -0.25) is 20.0 Å². The molecule has 1 aliphatic rings. The fourth-order valence-electron chi connectivity index (χ4n) is 3.92. The summed E-state index contributed by atoms with van der Waals surface area (Å²) in [5, 5.41) is 17.6. The summed E-state index contributed by atoms with van der Waals surface area (Å²) in [6, 6.07) is 7.47. The van der Waals surface area contributed by atoms with Crippen molar-refractivity contribution in [1.82, 2.24) is 25.4 Å². The van der Waals surface area contributed by atoms with E-state index in [1.165, 1.54) is 11.3 Å². The lowest BCUT2D eigenvalue weighted by Crippen LogP contribution is -2.21. The van der Waals surface area contributed by atoms with Crippen LogP contribution < -0.4 is 10.2 Å². The molecule has 9 heteroatoms. The Morgan fingerprint density at radius 1 is 1.21 bits per heavy atom. The van der Waals surface area contributed by atoms with Crippen molar-refractivity contribution in [1.29, 1.82) is 0 Å². The molecule has 0 fully saturated rings. The molecule has 29 heavy (non-hydrogen) atoms. The monoisotopic (exact) mass is 408 g/mol. The van der Waals surface area contributed by atoms with E-state index in [0.717, 1.165) is 52.9 Å². The molecule has 0 unspecified atom stereocenters. The molecule has 0 atom stereocenters. The molecule has 1 aliphatic carbocycles. The maximum absolute atomic E-state index is 12.5. The Labute approximate surface area is 169 Å². The molecular weight excluding hydrogens is 388 g/mol. The molecule has 1 aromatic carbocycles. The van der Waals surface area contributed by atoms with E-state index in [4.69, 9.17) is 0 Å². The molecule has 5 rings (SSSR count). The van der Waals surface area contributed by atoms with E-state index < -0.39 is 0 Å². The topological polar surface area (TPSA) is 119 Å². The minimum atomic E-state index is -0.309. The van der Waals surface area contributed by atoms with Gasteiger partial charge < -0.3 is 4.98 Å². The van der Waals surface area contributed by atoms with Crippen molar-refractivity contribution in [3.8, 4) is 11.4 Å². The summed E-state index contributed by atoms with van der Waals surface area (Å²) in [6.45, 7) is 4.57. The number of benzene rings is 1. The van der Waals surface area contributed by atoms with Crippen LogP contribution in [0.2, 0.25) is 0 Å². The lowest BCUT2D eigenvalue weighted by atomic mass is 9.76. The summed E-state index contributed by atoms with van der Waals surface area (Å²) in [4.78, 5) is 26.7. The van der Waals surface area contributed by atoms with Crippen molar-refractivity contribution in [2.75, 3.05) is 5.32 Å². The first-order valence-corrected chi connectivity index (χ1v) is 10.3. The number of H-pyrrole nitrogens is 3. The van der Waals surface area contributed by atoms with Crippen molar-refractivity contribution in [3.05, 3.63) is 50.8 Å². The van der Waals surface area contributed by atoms with Gasteiger partial charge in [-0.25, -0.2) is 5.10 Å². The first kappa shape index (κ1) is 17.9. The summed E-state index contributed by atoms with van der Waals surface area (Å²) in [5.41, 5.74) is 6.13. The molecule has 0 aliphatic heterocycles. The smallest absolute Gasteiger partial charge is 0.324 e. The Balaban J connectivity index is 1.45. The Bertz CT molecular complexity index is 1290. The number of fused-ring (bicyclic) bond motifs is 2. The van der Waals surface area contributed by atoms with Gasteiger partial charge >= 0.3 is 4.87 Å². The van der Waals surface area contributed by atoms with Crippen molar-refractivity contribution < 1.29 is 4.79 Å². The lowest BCUT2D eigenvalue weighted by molar-refractivity contribution is 0.102. The molecule has 0 radical (unpaired) electrons. The number of hydrogen-bond donors (Lipinski definition) is 4. The molecule has 3 heterocycles. The average Bonchev–Trinajstić information content (AvgIpc) is 3.37. The van der Waals surface area contributed by atoms with Gasteiger partial charge in [0.05, 0.1) is 5.69 Å². The number of hydrogen-bond acceptors (Lipinski definition) is 5. The van der Waals surface area contributed by atoms with Crippen LogP contribution >= 0.6 is 11.3 Å². The van der Waals surface area contributed by atoms with Gasteiger partial charge in [0.25, 0.3) is 5.91 Å². The maximum atomic E-state index is 12.5. The number of carbonyl (C=O) groups excluding carboxylic acids is 1. The standard InChI is InChI=1S/C20H20N6O2S/c1-20(2)6-5-12-15(9-20)23-24-16(12)14-8-11-7-10(3-4-13(11)21-14)17(27)22-18-25-26-19(28)29-18/h3-4,7-8,21H,5-6,9H2,1-2H3,(H,23,24)(H,26,28)(H,22,25,27). The minimum Gasteiger partial charge on any atom is -0.353 e. The van der Waals surface area contributed by atoms with E-state index in [-0.39, 0.29) is 15.9 Å². The molecule has 0 bridgehead atoms. The van der Waals surface area contributed by atoms with E-state index in [2.05, 4.69) is 44.5 Å². The van der Waals surface area contributed by atoms with Crippen LogP contribution in [0, 0.1) is 5.41 Å². The largest absolute Gasteiger partial charge is 0.353 e. The molecule has 4 N–H and O–H groups in total.